The van der Waals surface area contributed by atoms with E-state index in [-0.39, 0.29) is 0 Å². The van der Waals surface area contributed by atoms with Crippen molar-refractivity contribution in [3.8, 4) is 0 Å². The van der Waals surface area contributed by atoms with Crippen LogP contribution in [-0.2, 0) is 0 Å². The van der Waals surface area contributed by atoms with Gasteiger partial charge in [-0.15, -0.1) is 0 Å². The SMILES string of the molecule is CC(C)N1CCN(C2=NCC(C3CCC(F)CC3)CC2)CC1. The van der Waals surface area contributed by atoms with E-state index in [9.17, 15) is 4.39 Å². The molecule has 4 heteroatoms. The fraction of sp³-hybridized carbons (Fsp3) is 0.944. The van der Waals surface area contributed by atoms with Gasteiger partial charge in [-0.3, -0.25) is 9.89 Å². The van der Waals surface area contributed by atoms with Gasteiger partial charge in [0, 0.05) is 45.2 Å². The van der Waals surface area contributed by atoms with Crippen LogP contribution in [0.4, 0.5) is 4.39 Å². The molecule has 0 amide bonds. The normalized spacial score (nSPS) is 34.8. The highest BCUT2D eigenvalue weighted by atomic mass is 19.1. The van der Waals surface area contributed by atoms with Gasteiger partial charge in [-0.05, 0) is 57.8 Å². The third-order valence-corrected chi connectivity index (χ3v) is 6.02. The van der Waals surface area contributed by atoms with E-state index in [2.05, 4.69) is 23.6 Å². The van der Waals surface area contributed by atoms with E-state index in [1.54, 1.807) is 0 Å². The van der Waals surface area contributed by atoms with E-state index in [0.717, 1.165) is 57.7 Å². The lowest BCUT2D eigenvalue weighted by Crippen LogP contribution is -2.51. The van der Waals surface area contributed by atoms with Crippen LogP contribution in [0.1, 0.15) is 52.4 Å². The third-order valence-electron chi connectivity index (χ3n) is 6.02. The molecule has 0 radical (unpaired) electrons. The smallest absolute Gasteiger partial charge is 0.100 e. The highest BCUT2D eigenvalue weighted by Gasteiger charge is 2.30. The Morgan fingerprint density at radius 1 is 0.955 bits per heavy atom. The Morgan fingerprint density at radius 3 is 2.18 bits per heavy atom. The lowest BCUT2D eigenvalue weighted by Gasteiger charge is -2.40. The molecule has 1 atom stereocenters. The maximum atomic E-state index is 13.3. The van der Waals surface area contributed by atoms with Crippen LogP contribution in [0.2, 0.25) is 0 Å². The Kier molecular flexibility index (Phi) is 5.37. The highest BCUT2D eigenvalue weighted by molar-refractivity contribution is 5.83. The van der Waals surface area contributed by atoms with Crippen molar-refractivity contribution in [2.24, 2.45) is 16.8 Å². The molecule has 3 rings (SSSR count). The van der Waals surface area contributed by atoms with Gasteiger partial charge in [-0.2, -0.15) is 0 Å². The first kappa shape index (κ1) is 16.2. The first-order valence-corrected chi connectivity index (χ1v) is 9.30. The minimum absolute atomic E-state index is 0.531. The summed E-state index contributed by atoms with van der Waals surface area (Å²) in [6.45, 7) is 10.2. The van der Waals surface area contributed by atoms with Crippen molar-refractivity contribution in [3.63, 3.8) is 0 Å². The standard InChI is InChI=1S/C18H32FN3/c1-14(2)21-9-11-22(12-10-21)18-8-5-16(13-20-18)15-3-6-17(19)7-4-15/h14-17H,3-13H2,1-2H3. The van der Waals surface area contributed by atoms with Gasteiger partial charge >= 0.3 is 0 Å². The summed E-state index contributed by atoms with van der Waals surface area (Å²) in [5.41, 5.74) is 0. The molecule has 2 fully saturated rings. The molecule has 22 heavy (non-hydrogen) atoms. The molecule has 0 spiro atoms. The number of nitrogens with zero attached hydrogens (tertiary/aromatic N) is 3. The van der Waals surface area contributed by atoms with E-state index >= 15 is 0 Å². The minimum atomic E-state index is -0.531. The second-order valence-corrected chi connectivity index (χ2v) is 7.68. The minimum Gasteiger partial charge on any atom is -0.358 e. The maximum Gasteiger partial charge on any atom is 0.100 e. The van der Waals surface area contributed by atoms with Gasteiger partial charge in [0.15, 0.2) is 0 Å². The zero-order chi connectivity index (χ0) is 15.5. The van der Waals surface area contributed by atoms with Crippen molar-refractivity contribution < 1.29 is 4.39 Å². The molecule has 0 aromatic rings. The van der Waals surface area contributed by atoms with Crippen molar-refractivity contribution >= 4 is 5.84 Å². The number of aliphatic imine (C=N–C) groups is 1. The van der Waals surface area contributed by atoms with Crippen LogP contribution in [0.5, 0.6) is 0 Å². The fourth-order valence-electron chi connectivity index (χ4n) is 4.40. The Balaban J connectivity index is 1.47. The average Bonchev–Trinajstić information content (AvgIpc) is 2.56. The van der Waals surface area contributed by atoms with Gasteiger partial charge in [0.05, 0.1) is 5.84 Å². The van der Waals surface area contributed by atoms with Crippen LogP contribution in [0, 0.1) is 11.8 Å². The lowest BCUT2D eigenvalue weighted by molar-refractivity contribution is 0.141. The predicted molar refractivity (Wildman–Crippen MR) is 90.2 cm³/mol. The van der Waals surface area contributed by atoms with Gasteiger partial charge in [0.1, 0.15) is 6.17 Å². The van der Waals surface area contributed by atoms with Crippen LogP contribution < -0.4 is 0 Å². The average molecular weight is 309 g/mol. The number of hydrogen-bond acceptors (Lipinski definition) is 3. The molecule has 0 aromatic heterocycles. The molecule has 1 unspecified atom stereocenters. The topological polar surface area (TPSA) is 18.8 Å². The molecule has 0 bridgehead atoms. The first-order valence-electron chi connectivity index (χ1n) is 9.30. The molecular formula is C18H32FN3. The first-order chi connectivity index (χ1) is 10.6. The Hall–Kier alpha value is -0.640. The number of piperazine rings is 1. The molecule has 126 valence electrons. The Labute approximate surface area is 135 Å². The summed E-state index contributed by atoms with van der Waals surface area (Å²) < 4.78 is 13.3. The third kappa shape index (κ3) is 3.81. The van der Waals surface area contributed by atoms with E-state index in [1.807, 2.05) is 0 Å². The van der Waals surface area contributed by atoms with Crippen LogP contribution >= 0.6 is 0 Å². The van der Waals surface area contributed by atoms with Gasteiger partial charge in [0.25, 0.3) is 0 Å². The van der Waals surface area contributed by atoms with Crippen LogP contribution in [-0.4, -0.2) is 60.6 Å². The number of amidine groups is 1. The summed E-state index contributed by atoms with van der Waals surface area (Å²) >= 11 is 0. The van der Waals surface area contributed by atoms with E-state index < -0.39 is 6.17 Å². The van der Waals surface area contributed by atoms with Crippen LogP contribution in [0.25, 0.3) is 0 Å². The molecule has 3 aliphatic rings. The molecule has 2 heterocycles. The summed E-state index contributed by atoms with van der Waals surface area (Å²) in [5.74, 6) is 2.79. The molecule has 1 saturated carbocycles. The van der Waals surface area contributed by atoms with Gasteiger partial charge in [0.2, 0.25) is 0 Å². The van der Waals surface area contributed by atoms with Gasteiger partial charge in [-0.1, -0.05) is 0 Å². The summed E-state index contributed by atoms with van der Waals surface area (Å²) in [7, 11) is 0. The number of halogens is 1. The fourth-order valence-corrected chi connectivity index (χ4v) is 4.40. The van der Waals surface area contributed by atoms with E-state index in [0.29, 0.717) is 12.0 Å². The van der Waals surface area contributed by atoms with Crippen LogP contribution in [0.15, 0.2) is 4.99 Å². The lowest BCUT2D eigenvalue weighted by atomic mass is 9.76. The Morgan fingerprint density at radius 2 is 1.64 bits per heavy atom. The molecule has 2 aliphatic heterocycles. The summed E-state index contributed by atoms with van der Waals surface area (Å²) in [6, 6.07) is 0.658. The molecule has 1 saturated heterocycles. The second-order valence-electron chi connectivity index (χ2n) is 7.68. The number of alkyl halides is 1. The van der Waals surface area contributed by atoms with Crippen molar-refractivity contribution in [1.29, 1.82) is 0 Å². The van der Waals surface area contributed by atoms with Crippen molar-refractivity contribution in [3.05, 3.63) is 0 Å². The van der Waals surface area contributed by atoms with Gasteiger partial charge < -0.3 is 4.90 Å². The zero-order valence-corrected chi connectivity index (χ0v) is 14.3. The van der Waals surface area contributed by atoms with Crippen molar-refractivity contribution in [2.75, 3.05) is 32.7 Å². The molecule has 1 aliphatic carbocycles. The second kappa shape index (κ2) is 7.29. The van der Waals surface area contributed by atoms with Crippen molar-refractivity contribution in [2.45, 2.75) is 64.6 Å². The monoisotopic (exact) mass is 309 g/mol. The van der Waals surface area contributed by atoms with E-state index in [4.69, 9.17) is 4.99 Å². The summed E-state index contributed by atoms with van der Waals surface area (Å²) in [5, 5.41) is 0. The van der Waals surface area contributed by atoms with Crippen molar-refractivity contribution in [1.82, 2.24) is 9.80 Å². The van der Waals surface area contributed by atoms with Crippen LogP contribution in [0.3, 0.4) is 0 Å². The molecule has 3 nitrogen and oxygen atoms in total. The number of hydrogen-bond donors (Lipinski definition) is 0. The Bertz CT molecular complexity index is 380. The molecule has 0 aromatic carbocycles. The number of rotatable bonds is 2. The van der Waals surface area contributed by atoms with E-state index in [1.165, 1.54) is 25.3 Å². The molecule has 0 N–H and O–H groups in total. The summed E-state index contributed by atoms with van der Waals surface area (Å²) in [6.07, 6.45) is 5.63. The maximum absolute atomic E-state index is 13.3. The molecular weight excluding hydrogens is 277 g/mol. The highest BCUT2D eigenvalue weighted by Crippen LogP contribution is 2.35. The van der Waals surface area contributed by atoms with Gasteiger partial charge in [-0.25, -0.2) is 4.39 Å². The zero-order valence-electron chi connectivity index (χ0n) is 14.3. The predicted octanol–water partition coefficient (Wildman–Crippen LogP) is 3.35. The largest absolute Gasteiger partial charge is 0.358 e. The summed E-state index contributed by atoms with van der Waals surface area (Å²) in [4.78, 5) is 9.99. The quantitative estimate of drug-likeness (QED) is 0.779.